The zero-order valence-electron chi connectivity index (χ0n) is 15.0. The summed E-state index contributed by atoms with van der Waals surface area (Å²) in [5.74, 6) is 1.21. The maximum Gasteiger partial charge on any atom is 0.333 e. The zero-order chi connectivity index (χ0) is 17.5. The van der Waals surface area contributed by atoms with Crippen LogP contribution in [0.3, 0.4) is 0 Å². The summed E-state index contributed by atoms with van der Waals surface area (Å²) in [5, 5.41) is 0. The second kappa shape index (κ2) is 6.34. The summed E-state index contributed by atoms with van der Waals surface area (Å²) in [6.07, 6.45) is 9.76. The highest BCUT2D eigenvalue weighted by Crippen LogP contribution is 2.72. The average Bonchev–Trinajstić information content (AvgIpc) is 3.23. The molecule has 24 heavy (non-hydrogen) atoms. The lowest BCUT2D eigenvalue weighted by molar-refractivity contribution is -0.138. The fourth-order valence-corrected chi connectivity index (χ4v) is 5.30. The van der Waals surface area contributed by atoms with Gasteiger partial charge in [0.05, 0.1) is 6.61 Å². The molecule has 130 valence electrons. The summed E-state index contributed by atoms with van der Waals surface area (Å²) < 4.78 is 5.15. The third-order valence-electron chi connectivity index (χ3n) is 6.50. The van der Waals surface area contributed by atoms with Gasteiger partial charge in [-0.3, -0.25) is 4.79 Å². The average molecular weight is 328 g/mol. The van der Waals surface area contributed by atoms with Crippen molar-refractivity contribution in [1.82, 2.24) is 0 Å². The number of esters is 1. The molecule has 0 bridgehead atoms. The minimum Gasteiger partial charge on any atom is -0.463 e. The molecule has 3 aliphatic rings. The van der Waals surface area contributed by atoms with Crippen LogP contribution in [0.15, 0.2) is 35.5 Å². The lowest BCUT2D eigenvalue weighted by atomic mass is 9.76. The molecule has 0 unspecified atom stereocenters. The van der Waals surface area contributed by atoms with Gasteiger partial charge in [-0.2, -0.15) is 0 Å². The summed E-state index contributed by atoms with van der Waals surface area (Å²) in [7, 11) is 0. The van der Waals surface area contributed by atoms with Crippen molar-refractivity contribution in [1.29, 1.82) is 0 Å². The molecule has 2 fully saturated rings. The molecule has 3 nitrogen and oxygen atoms in total. The molecule has 0 aromatic carbocycles. The van der Waals surface area contributed by atoms with Crippen molar-refractivity contribution in [2.45, 2.75) is 46.5 Å². The Balaban J connectivity index is 1.96. The highest BCUT2D eigenvalue weighted by molar-refractivity contribution is 5.87. The molecule has 0 spiro atoms. The van der Waals surface area contributed by atoms with E-state index >= 15 is 0 Å². The van der Waals surface area contributed by atoms with Gasteiger partial charge in [0.2, 0.25) is 0 Å². The van der Waals surface area contributed by atoms with Crippen molar-refractivity contribution < 1.29 is 14.3 Å². The Kier molecular flexibility index (Phi) is 4.54. The zero-order valence-corrected chi connectivity index (χ0v) is 15.0. The first-order valence-corrected chi connectivity index (χ1v) is 9.12. The molecule has 2 saturated carbocycles. The third-order valence-corrected chi connectivity index (χ3v) is 6.50. The molecule has 0 radical (unpaired) electrons. The molecule has 0 aromatic rings. The van der Waals surface area contributed by atoms with Gasteiger partial charge in [0.25, 0.3) is 0 Å². The van der Waals surface area contributed by atoms with Crippen LogP contribution in [0.4, 0.5) is 0 Å². The van der Waals surface area contributed by atoms with Crippen LogP contribution in [0.5, 0.6) is 0 Å². The van der Waals surface area contributed by atoms with Crippen LogP contribution >= 0.6 is 0 Å². The molecular formula is C21H28O3. The lowest BCUT2D eigenvalue weighted by Crippen LogP contribution is -2.22. The second-order valence-corrected chi connectivity index (χ2v) is 7.81. The van der Waals surface area contributed by atoms with Crippen LogP contribution in [-0.2, 0) is 14.3 Å². The first-order chi connectivity index (χ1) is 11.4. The summed E-state index contributed by atoms with van der Waals surface area (Å²) >= 11 is 0. The van der Waals surface area contributed by atoms with E-state index in [0.29, 0.717) is 35.0 Å². The molecule has 3 heteroatoms. The van der Waals surface area contributed by atoms with Gasteiger partial charge in [-0.25, -0.2) is 4.79 Å². The molecule has 3 aliphatic carbocycles. The van der Waals surface area contributed by atoms with Crippen LogP contribution in [0.25, 0.3) is 0 Å². The number of rotatable bonds is 5. The molecule has 5 atom stereocenters. The Morgan fingerprint density at radius 3 is 2.92 bits per heavy atom. The summed E-state index contributed by atoms with van der Waals surface area (Å²) in [6, 6.07) is 0. The topological polar surface area (TPSA) is 43.4 Å². The van der Waals surface area contributed by atoms with Gasteiger partial charge >= 0.3 is 5.97 Å². The standard InChI is InChI=1S/C21H28O3/c1-5-24-20(23)13(2)11-17-16(14(3)12-22)9-8-15-7-6-10-21(4)18(15)19(17)21/h7,11-12,16-19H,3,5-6,8-10H2,1-2,4H3/b13-11+/t16-,17+,18+,19-,21+/m1/s1. The molecule has 3 rings (SSSR count). The van der Waals surface area contributed by atoms with E-state index in [2.05, 4.69) is 25.7 Å². The van der Waals surface area contributed by atoms with E-state index in [1.807, 2.05) is 13.8 Å². The highest BCUT2D eigenvalue weighted by Gasteiger charge is 2.66. The van der Waals surface area contributed by atoms with Gasteiger partial charge in [0.15, 0.2) is 0 Å². The highest BCUT2D eigenvalue weighted by atomic mass is 16.5. The van der Waals surface area contributed by atoms with E-state index in [9.17, 15) is 9.59 Å². The van der Waals surface area contributed by atoms with Crippen molar-refractivity contribution in [2.24, 2.45) is 29.1 Å². The molecular weight excluding hydrogens is 300 g/mol. The quantitative estimate of drug-likeness (QED) is 0.328. The number of aldehydes is 1. The van der Waals surface area contributed by atoms with Crippen LogP contribution in [0, 0.1) is 29.1 Å². The summed E-state index contributed by atoms with van der Waals surface area (Å²) in [4.78, 5) is 23.5. The third kappa shape index (κ3) is 2.68. The van der Waals surface area contributed by atoms with Crippen molar-refractivity contribution in [3.63, 3.8) is 0 Å². The van der Waals surface area contributed by atoms with E-state index in [1.54, 1.807) is 5.57 Å². The second-order valence-electron chi connectivity index (χ2n) is 7.81. The van der Waals surface area contributed by atoms with Gasteiger partial charge in [-0.05, 0) is 74.2 Å². The van der Waals surface area contributed by atoms with Crippen LogP contribution in [0.1, 0.15) is 46.5 Å². The molecule has 0 saturated heterocycles. The molecule has 0 heterocycles. The Bertz CT molecular complexity index is 627. The minimum absolute atomic E-state index is 0.130. The maximum atomic E-state index is 12.1. The summed E-state index contributed by atoms with van der Waals surface area (Å²) in [5.41, 5.74) is 3.22. The maximum absolute atomic E-state index is 12.1. The first-order valence-electron chi connectivity index (χ1n) is 9.12. The fourth-order valence-electron chi connectivity index (χ4n) is 5.30. The normalized spacial score (nSPS) is 37.6. The molecule has 0 amide bonds. The number of carbonyl (C=O) groups is 2. The van der Waals surface area contributed by atoms with Crippen LogP contribution in [-0.4, -0.2) is 18.9 Å². The van der Waals surface area contributed by atoms with E-state index < -0.39 is 0 Å². The monoisotopic (exact) mass is 328 g/mol. The van der Waals surface area contributed by atoms with Crippen molar-refractivity contribution in [3.05, 3.63) is 35.5 Å². The number of ether oxygens (including phenoxy) is 1. The molecule has 0 N–H and O–H groups in total. The van der Waals surface area contributed by atoms with Crippen molar-refractivity contribution in [3.8, 4) is 0 Å². The van der Waals surface area contributed by atoms with Crippen molar-refractivity contribution in [2.75, 3.05) is 6.61 Å². The number of carbonyl (C=O) groups excluding carboxylic acids is 2. The van der Waals surface area contributed by atoms with Crippen LogP contribution in [0.2, 0.25) is 0 Å². The van der Waals surface area contributed by atoms with Gasteiger partial charge in [0, 0.05) is 5.57 Å². The smallest absolute Gasteiger partial charge is 0.333 e. The van der Waals surface area contributed by atoms with Gasteiger partial charge in [-0.1, -0.05) is 31.2 Å². The van der Waals surface area contributed by atoms with Crippen LogP contribution < -0.4 is 0 Å². The van der Waals surface area contributed by atoms with Gasteiger partial charge in [-0.15, -0.1) is 0 Å². The number of fused-ring (bicyclic) bond motifs is 1. The Morgan fingerprint density at radius 2 is 2.25 bits per heavy atom. The van der Waals surface area contributed by atoms with E-state index in [0.717, 1.165) is 25.5 Å². The molecule has 0 aromatic heterocycles. The summed E-state index contributed by atoms with van der Waals surface area (Å²) in [6.45, 7) is 10.4. The SMILES string of the molecule is C=C(C=O)[C@H]1CCC2=CCC[C@]3(C)[C@H]([C@H]1/C=C(\C)C(=O)OCC)[C@H]23. The lowest BCUT2D eigenvalue weighted by Gasteiger charge is -2.28. The Morgan fingerprint density at radius 1 is 1.50 bits per heavy atom. The molecule has 0 aliphatic heterocycles. The number of hydrogen-bond acceptors (Lipinski definition) is 3. The minimum atomic E-state index is -0.248. The largest absolute Gasteiger partial charge is 0.463 e. The number of allylic oxidation sites excluding steroid dienone is 4. The number of hydrogen-bond donors (Lipinski definition) is 0. The predicted molar refractivity (Wildman–Crippen MR) is 94.2 cm³/mol. The Hall–Kier alpha value is -1.64. The van der Waals surface area contributed by atoms with E-state index in [4.69, 9.17) is 4.74 Å². The first kappa shape index (κ1) is 17.2. The predicted octanol–water partition coefficient (Wildman–Crippen LogP) is 4.25. The van der Waals surface area contributed by atoms with Gasteiger partial charge < -0.3 is 4.74 Å². The van der Waals surface area contributed by atoms with E-state index in [-0.39, 0.29) is 17.8 Å². The Labute approximate surface area is 144 Å². The van der Waals surface area contributed by atoms with Gasteiger partial charge in [0.1, 0.15) is 6.29 Å². The fraction of sp³-hybridized carbons (Fsp3) is 0.619. The van der Waals surface area contributed by atoms with E-state index in [1.165, 1.54) is 6.42 Å². The van der Waals surface area contributed by atoms with Crippen molar-refractivity contribution >= 4 is 12.3 Å².